The average molecular weight is 254 g/mol. The molecule has 1 aliphatic carbocycles. The van der Waals surface area contributed by atoms with Crippen LogP contribution in [0.3, 0.4) is 0 Å². The summed E-state index contributed by atoms with van der Waals surface area (Å²) >= 11 is 5.80. The van der Waals surface area contributed by atoms with Crippen molar-refractivity contribution in [3.63, 3.8) is 0 Å². The van der Waals surface area contributed by atoms with E-state index >= 15 is 0 Å². The van der Waals surface area contributed by atoms with Crippen LogP contribution >= 0.6 is 11.6 Å². The van der Waals surface area contributed by atoms with E-state index in [1.165, 1.54) is 0 Å². The van der Waals surface area contributed by atoms with Gasteiger partial charge in [0.15, 0.2) is 0 Å². The van der Waals surface area contributed by atoms with Crippen molar-refractivity contribution >= 4 is 23.3 Å². The molecule has 92 valence electrons. The second kappa shape index (κ2) is 4.57. The van der Waals surface area contributed by atoms with E-state index in [0.29, 0.717) is 17.4 Å². The fraction of sp³-hybridized carbons (Fsp3) is 0.462. The molecule has 2 N–H and O–H groups in total. The maximum absolute atomic E-state index is 11.4. The summed E-state index contributed by atoms with van der Waals surface area (Å²) in [6.07, 6.45) is 2.96. The smallest absolute Gasteiger partial charge is 0.329 e. The lowest BCUT2D eigenvalue weighted by molar-refractivity contribution is -0.142. The van der Waals surface area contributed by atoms with Gasteiger partial charge in [-0.05, 0) is 43.5 Å². The highest BCUT2D eigenvalue weighted by molar-refractivity contribution is 6.30. The zero-order chi connectivity index (χ0) is 12.5. The number of rotatable bonds is 5. The van der Waals surface area contributed by atoms with Gasteiger partial charge in [0, 0.05) is 10.7 Å². The first kappa shape index (κ1) is 12.2. The lowest BCUT2D eigenvalue weighted by atomic mass is 9.94. The van der Waals surface area contributed by atoms with E-state index < -0.39 is 11.5 Å². The van der Waals surface area contributed by atoms with Gasteiger partial charge in [0.05, 0.1) is 0 Å². The van der Waals surface area contributed by atoms with Gasteiger partial charge in [-0.15, -0.1) is 0 Å². The van der Waals surface area contributed by atoms with Crippen molar-refractivity contribution in [2.24, 2.45) is 5.92 Å². The molecule has 1 aliphatic rings. The molecule has 4 heteroatoms. The van der Waals surface area contributed by atoms with E-state index in [2.05, 4.69) is 5.32 Å². The number of anilines is 1. The molecule has 0 spiro atoms. The lowest BCUT2D eigenvalue weighted by Crippen LogP contribution is -2.43. The minimum absolute atomic E-state index is 0.552. The zero-order valence-electron chi connectivity index (χ0n) is 9.74. The molecule has 0 heterocycles. The van der Waals surface area contributed by atoms with Crippen LogP contribution in [-0.2, 0) is 4.79 Å². The number of benzene rings is 1. The number of hydrogen-bond acceptors (Lipinski definition) is 2. The van der Waals surface area contributed by atoms with Crippen LogP contribution < -0.4 is 5.32 Å². The minimum atomic E-state index is -0.894. The zero-order valence-corrected chi connectivity index (χ0v) is 10.5. The summed E-state index contributed by atoms with van der Waals surface area (Å²) in [5, 5.41) is 13.1. The van der Waals surface area contributed by atoms with Gasteiger partial charge in [0.25, 0.3) is 0 Å². The molecule has 0 aliphatic heterocycles. The molecular formula is C13H16ClNO2. The van der Waals surface area contributed by atoms with Crippen LogP contribution in [0.15, 0.2) is 24.3 Å². The summed E-state index contributed by atoms with van der Waals surface area (Å²) in [6.45, 7) is 1.74. The summed E-state index contributed by atoms with van der Waals surface area (Å²) in [5.74, 6) is -0.254. The Hall–Kier alpha value is -1.22. The molecule has 1 aromatic carbocycles. The Kier molecular flexibility index (Phi) is 3.29. The fourth-order valence-corrected chi connectivity index (χ4v) is 2.07. The normalized spacial score (nSPS) is 18.5. The van der Waals surface area contributed by atoms with Crippen molar-refractivity contribution in [1.29, 1.82) is 0 Å². The lowest BCUT2D eigenvalue weighted by Gasteiger charge is -2.27. The van der Waals surface area contributed by atoms with Crippen molar-refractivity contribution in [2.45, 2.75) is 31.7 Å². The maximum Gasteiger partial charge on any atom is 0.329 e. The van der Waals surface area contributed by atoms with Crippen molar-refractivity contribution in [1.82, 2.24) is 0 Å². The molecule has 0 amide bonds. The second-order valence-corrected chi connectivity index (χ2v) is 5.35. The largest absolute Gasteiger partial charge is 0.480 e. The number of aliphatic carboxylic acids is 1. The average Bonchev–Trinajstić information content (AvgIpc) is 3.05. The summed E-state index contributed by atoms with van der Waals surface area (Å²) < 4.78 is 0. The molecule has 1 unspecified atom stereocenters. The van der Waals surface area contributed by atoms with Gasteiger partial charge in [-0.1, -0.05) is 24.4 Å². The van der Waals surface area contributed by atoms with Crippen LogP contribution in [-0.4, -0.2) is 16.6 Å². The van der Waals surface area contributed by atoms with Gasteiger partial charge in [0.1, 0.15) is 5.54 Å². The molecule has 3 nitrogen and oxygen atoms in total. The summed E-state index contributed by atoms with van der Waals surface area (Å²) in [7, 11) is 0. The van der Waals surface area contributed by atoms with Gasteiger partial charge in [-0.3, -0.25) is 0 Å². The first-order valence-electron chi connectivity index (χ1n) is 5.77. The predicted octanol–water partition coefficient (Wildman–Crippen LogP) is 3.40. The Balaban J connectivity index is 2.11. The molecule has 2 rings (SSSR count). The summed E-state index contributed by atoms with van der Waals surface area (Å²) in [4.78, 5) is 11.4. The molecule has 1 fully saturated rings. The monoisotopic (exact) mass is 253 g/mol. The fourth-order valence-electron chi connectivity index (χ4n) is 1.94. The van der Waals surface area contributed by atoms with Crippen LogP contribution in [0.4, 0.5) is 5.69 Å². The van der Waals surface area contributed by atoms with Gasteiger partial charge in [-0.2, -0.15) is 0 Å². The summed E-state index contributed by atoms with van der Waals surface area (Å²) in [5.41, 5.74) is -0.102. The second-order valence-electron chi connectivity index (χ2n) is 4.92. The molecule has 1 aromatic rings. The van der Waals surface area contributed by atoms with E-state index in [-0.39, 0.29) is 0 Å². The number of carboxylic acid groups (broad SMARTS) is 1. The highest BCUT2D eigenvalue weighted by Crippen LogP contribution is 2.38. The van der Waals surface area contributed by atoms with Gasteiger partial charge in [-0.25, -0.2) is 4.79 Å². The number of carbonyl (C=O) groups is 1. The van der Waals surface area contributed by atoms with Crippen molar-refractivity contribution in [3.8, 4) is 0 Å². The summed E-state index contributed by atoms with van der Waals surface area (Å²) in [6, 6.07) is 7.11. The Labute approximate surface area is 106 Å². The number of nitrogens with one attached hydrogen (secondary N) is 1. The van der Waals surface area contributed by atoms with E-state index in [0.717, 1.165) is 18.5 Å². The minimum Gasteiger partial charge on any atom is -0.480 e. The number of halogens is 1. The van der Waals surface area contributed by atoms with E-state index in [1.54, 1.807) is 31.2 Å². The van der Waals surface area contributed by atoms with Gasteiger partial charge < -0.3 is 10.4 Å². The van der Waals surface area contributed by atoms with E-state index in [4.69, 9.17) is 11.6 Å². The van der Waals surface area contributed by atoms with E-state index in [1.807, 2.05) is 0 Å². The van der Waals surface area contributed by atoms with Crippen molar-refractivity contribution < 1.29 is 9.90 Å². The first-order valence-corrected chi connectivity index (χ1v) is 6.14. The first-order chi connectivity index (χ1) is 7.99. The topological polar surface area (TPSA) is 49.3 Å². The van der Waals surface area contributed by atoms with Crippen molar-refractivity contribution in [2.75, 3.05) is 5.32 Å². The van der Waals surface area contributed by atoms with Crippen LogP contribution in [0.25, 0.3) is 0 Å². The van der Waals surface area contributed by atoms with Crippen LogP contribution in [0, 0.1) is 5.92 Å². The molecular weight excluding hydrogens is 238 g/mol. The third-order valence-corrected chi connectivity index (χ3v) is 3.38. The predicted molar refractivity (Wildman–Crippen MR) is 68.5 cm³/mol. The highest BCUT2D eigenvalue weighted by Gasteiger charge is 2.39. The van der Waals surface area contributed by atoms with Crippen LogP contribution in [0.1, 0.15) is 26.2 Å². The SMILES string of the molecule is CC(CC1CC1)(Nc1ccc(Cl)cc1)C(=O)O. The van der Waals surface area contributed by atoms with Crippen LogP contribution in [0.2, 0.25) is 5.02 Å². The standard InChI is InChI=1S/C13H16ClNO2/c1-13(12(16)17,8-9-2-3-9)15-11-6-4-10(14)5-7-11/h4-7,9,15H,2-3,8H2,1H3,(H,16,17). The Morgan fingerprint density at radius 1 is 1.47 bits per heavy atom. The molecule has 1 atom stereocenters. The number of carboxylic acids is 1. The molecule has 0 radical (unpaired) electrons. The van der Waals surface area contributed by atoms with Crippen molar-refractivity contribution in [3.05, 3.63) is 29.3 Å². The Morgan fingerprint density at radius 3 is 2.53 bits per heavy atom. The Morgan fingerprint density at radius 2 is 2.06 bits per heavy atom. The van der Waals surface area contributed by atoms with Gasteiger partial charge in [0.2, 0.25) is 0 Å². The van der Waals surface area contributed by atoms with Crippen LogP contribution in [0.5, 0.6) is 0 Å². The molecule has 0 bridgehead atoms. The molecule has 0 aromatic heterocycles. The van der Waals surface area contributed by atoms with E-state index in [9.17, 15) is 9.90 Å². The molecule has 0 saturated heterocycles. The number of hydrogen-bond donors (Lipinski definition) is 2. The molecule has 1 saturated carbocycles. The third kappa shape index (κ3) is 3.13. The Bertz CT molecular complexity index is 414. The molecule has 17 heavy (non-hydrogen) atoms. The third-order valence-electron chi connectivity index (χ3n) is 3.13. The highest BCUT2D eigenvalue weighted by atomic mass is 35.5. The quantitative estimate of drug-likeness (QED) is 0.846. The van der Waals surface area contributed by atoms with Gasteiger partial charge >= 0.3 is 5.97 Å². The maximum atomic E-state index is 11.4.